The average Bonchev–Trinajstić information content (AvgIpc) is 2.97. The second-order valence-electron chi connectivity index (χ2n) is 3.59. The van der Waals surface area contributed by atoms with Gasteiger partial charge >= 0.3 is 0 Å². The Kier molecular flexibility index (Phi) is 1.08. The minimum atomic E-state index is 0.883. The summed E-state index contributed by atoms with van der Waals surface area (Å²) in [4.78, 5) is 3.21. The number of nitrogens with one attached hydrogen (secondary N) is 1. The van der Waals surface area contributed by atoms with Crippen LogP contribution in [0.2, 0.25) is 0 Å². The van der Waals surface area contributed by atoms with Crippen molar-refractivity contribution in [3.05, 3.63) is 36.9 Å². The van der Waals surface area contributed by atoms with Gasteiger partial charge in [0.2, 0.25) is 0 Å². The van der Waals surface area contributed by atoms with Crippen LogP contribution in [0.3, 0.4) is 0 Å². The summed E-state index contributed by atoms with van der Waals surface area (Å²) >= 11 is 0. The van der Waals surface area contributed by atoms with Crippen molar-refractivity contribution >= 4 is 32.8 Å². The first kappa shape index (κ1) is 7.17. The Morgan fingerprint density at radius 3 is 2.27 bits per heavy atom. The molecule has 0 aliphatic rings. The van der Waals surface area contributed by atoms with Gasteiger partial charge in [-0.15, -0.1) is 0 Å². The third-order valence-corrected chi connectivity index (χ3v) is 2.84. The van der Waals surface area contributed by atoms with Crippen molar-refractivity contribution in [2.75, 3.05) is 0 Å². The van der Waals surface area contributed by atoms with E-state index in [1.165, 1.54) is 0 Å². The van der Waals surface area contributed by atoms with Crippen molar-refractivity contribution in [2.24, 2.45) is 0 Å². The van der Waals surface area contributed by atoms with Gasteiger partial charge in [-0.25, -0.2) is 0 Å². The number of aromatic nitrogens is 1. The van der Waals surface area contributed by atoms with Gasteiger partial charge in [0.15, 0.2) is 0 Å². The third kappa shape index (κ3) is 0.722. The first-order valence-electron chi connectivity index (χ1n) is 4.78. The second kappa shape index (κ2) is 2.25. The van der Waals surface area contributed by atoms with E-state index >= 15 is 0 Å². The molecule has 4 rings (SSSR count). The van der Waals surface area contributed by atoms with Crippen molar-refractivity contribution in [1.82, 2.24) is 4.98 Å². The molecule has 0 unspecified atom stereocenters. The van der Waals surface area contributed by atoms with E-state index in [1.807, 2.05) is 24.4 Å². The Hall–Kier alpha value is -2.16. The van der Waals surface area contributed by atoms with Crippen LogP contribution in [0.15, 0.2) is 45.8 Å². The molecular weight excluding hydrogens is 190 g/mol. The van der Waals surface area contributed by atoms with Crippen LogP contribution in [-0.4, -0.2) is 4.98 Å². The number of hydrogen-bond donors (Lipinski definition) is 1. The molecule has 0 fully saturated rings. The van der Waals surface area contributed by atoms with Crippen molar-refractivity contribution in [3.63, 3.8) is 0 Å². The SMILES string of the molecule is c1cc2c([nH]1)c1ccoc1c1ccoc21. The smallest absolute Gasteiger partial charge is 0.147 e. The standard InChI is InChI=1S/C12H7NO2/c1-4-13-10-7(1)11-9(3-6-15-11)12-8(10)2-5-14-12/h1-6,13H. The highest BCUT2D eigenvalue weighted by atomic mass is 16.3. The van der Waals surface area contributed by atoms with Crippen LogP contribution in [0.5, 0.6) is 0 Å². The minimum absolute atomic E-state index is 0.883. The highest BCUT2D eigenvalue weighted by Crippen LogP contribution is 2.35. The summed E-state index contributed by atoms with van der Waals surface area (Å²) in [6.07, 6.45) is 5.32. The molecule has 72 valence electrons. The zero-order valence-electron chi connectivity index (χ0n) is 7.78. The van der Waals surface area contributed by atoms with Crippen molar-refractivity contribution in [2.45, 2.75) is 0 Å². The van der Waals surface area contributed by atoms with E-state index in [2.05, 4.69) is 4.98 Å². The Labute approximate surface area is 84.3 Å². The van der Waals surface area contributed by atoms with E-state index in [0.717, 1.165) is 32.8 Å². The van der Waals surface area contributed by atoms with Gasteiger partial charge in [-0.05, 0) is 18.2 Å². The summed E-state index contributed by atoms with van der Waals surface area (Å²) in [6.45, 7) is 0. The molecule has 1 N–H and O–H groups in total. The molecule has 0 radical (unpaired) electrons. The van der Waals surface area contributed by atoms with Crippen LogP contribution in [0, 0.1) is 0 Å². The molecule has 0 aliphatic carbocycles. The average molecular weight is 197 g/mol. The number of rotatable bonds is 0. The number of furan rings is 2. The Balaban J connectivity index is 2.56. The van der Waals surface area contributed by atoms with Gasteiger partial charge in [0.1, 0.15) is 11.2 Å². The number of aromatic amines is 1. The number of H-pyrrole nitrogens is 1. The van der Waals surface area contributed by atoms with Gasteiger partial charge in [0.25, 0.3) is 0 Å². The lowest BCUT2D eigenvalue weighted by molar-refractivity contribution is 0.614. The van der Waals surface area contributed by atoms with Crippen molar-refractivity contribution < 1.29 is 8.83 Å². The first-order chi connectivity index (χ1) is 7.45. The fourth-order valence-corrected chi connectivity index (χ4v) is 2.19. The summed E-state index contributed by atoms with van der Waals surface area (Å²) in [6, 6.07) is 5.93. The predicted molar refractivity (Wildman–Crippen MR) is 57.8 cm³/mol. The van der Waals surface area contributed by atoms with Gasteiger partial charge in [-0.1, -0.05) is 0 Å². The van der Waals surface area contributed by atoms with Gasteiger partial charge in [-0.2, -0.15) is 0 Å². The maximum absolute atomic E-state index is 5.49. The van der Waals surface area contributed by atoms with Crippen LogP contribution in [0.4, 0.5) is 0 Å². The molecule has 0 saturated carbocycles. The van der Waals surface area contributed by atoms with Crippen molar-refractivity contribution in [3.8, 4) is 0 Å². The summed E-state index contributed by atoms with van der Waals surface area (Å²) in [5, 5.41) is 3.23. The summed E-state index contributed by atoms with van der Waals surface area (Å²) in [5.41, 5.74) is 2.84. The molecule has 3 nitrogen and oxygen atoms in total. The lowest BCUT2D eigenvalue weighted by Crippen LogP contribution is -1.72. The van der Waals surface area contributed by atoms with Crippen LogP contribution in [0.25, 0.3) is 32.8 Å². The molecule has 0 saturated heterocycles. The maximum atomic E-state index is 5.49. The van der Waals surface area contributed by atoms with E-state index in [-0.39, 0.29) is 0 Å². The Morgan fingerprint density at radius 1 is 0.800 bits per heavy atom. The summed E-state index contributed by atoms with van der Waals surface area (Å²) < 4.78 is 11.0. The van der Waals surface area contributed by atoms with Gasteiger partial charge in [-0.3, -0.25) is 0 Å². The molecule has 15 heavy (non-hydrogen) atoms. The van der Waals surface area contributed by atoms with E-state index in [1.54, 1.807) is 12.5 Å². The van der Waals surface area contributed by atoms with E-state index < -0.39 is 0 Å². The van der Waals surface area contributed by atoms with Gasteiger partial charge in [0.05, 0.1) is 23.4 Å². The predicted octanol–water partition coefficient (Wildman–Crippen LogP) is 3.66. The Morgan fingerprint density at radius 2 is 1.47 bits per heavy atom. The monoisotopic (exact) mass is 197 g/mol. The summed E-state index contributed by atoms with van der Waals surface area (Å²) in [7, 11) is 0. The second-order valence-corrected chi connectivity index (χ2v) is 3.59. The summed E-state index contributed by atoms with van der Waals surface area (Å²) in [5.74, 6) is 0. The molecule has 0 aliphatic heterocycles. The van der Waals surface area contributed by atoms with E-state index in [4.69, 9.17) is 8.83 Å². The number of benzene rings is 1. The van der Waals surface area contributed by atoms with Crippen LogP contribution < -0.4 is 0 Å². The third-order valence-electron chi connectivity index (χ3n) is 2.84. The maximum Gasteiger partial charge on any atom is 0.147 e. The van der Waals surface area contributed by atoms with Crippen LogP contribution in [-0.2, 0) is 0 Å². The van der Waals surface area contributed by atoms with Crippen LogP contribution >= 0.6 is 0 Å². The molecule has 4 aromatic rings. The zero-order chi connectivity index (χ0) is 9.83. The fourth-order valence-electron chi connectivity index (χ4n) is 2.19. The highest BCUT2D eigenvalue weighted by Gasteiger charge is 2.13. The normalized spacial score (nSPS) is 12.0. The Bertz CT molecular complexity index is 578. The number of fused-ring (bicyclic) bond motifs is 6. The van der Waals surface area contributed by atoms with Gasteiger partial charge < -0.3 is 13.8 Å². The van der Waals surface area contributed by atoms with Gasteiger partial charge in [0, 0.05) is 17.0 Å². The molecule has 0 atom stereocenters. The molecule has 0 bridgehead atoms. The van der Waals surface area contributed by atoms with E-state index in [0.29, 0.717) is 0 Å². The quantitative estimate of drug-likeness (QED) is 0.467. The molecule has 1 aromatic carbocycles. The van der Waals surface area contributed by atoms with Crippen molar-refractivity contribution in [1.29, 1.82) is 0 Å². The van der Waals surface area contributed by atoms with Crippen LogP contribution in [0.1, 0.15) is 0 Å². The van der Waals surface area contributed by atoms with E-state index in [9.17, 15) is 0 Å². The molecule has 3 heteroatoms. The largest absolute Gasteiger partial charge is 0.463 e. The number of hydrogen-bond acceptors (Lipinski definition) is 2. The molecule has 0 amide bonds. The molecule has 3 heterocycles. The molecular formula is C12H7NO2. The lowest BCUT2D eigenvalue weighted by atomic mass is 10.1. The topological polar surface area (TPSA) is 42.1 Å². The lowest BCUT2D eigenvalue weighted by Gasteiger charge is -1.94. The molecule has 0 spiro atoms. The molecule has 3 aromatic heterocycles. The first-order valence-corrected chi connectivity index (χ1v) is 4.78. The minimum Gasteiger partial charge on any atom is -0.463 e. The fraction of sp³-hybridized carbons (Fsp3) is 0. The highest BCUT2D eigenvalue weighted by molar-refractivity contribution is 6.20. The zero-order valence-corrected chi connectivity index (χ0v) is 7.78.